The van der Waals surface area contributed by atoms with Gasteiger partial charge < -0.3 is 39.9 Å². The van der Waals surface area contributed by atoms with Crippen molar-refractivity contribution in [1.29, 1.82) is 0 Å². The minimum absolute atomic E-state index is 0.0258. The van der Waals surface area contributed by atoms with Gasteiger partial charge >= 0.3 is 0 Å². The Hall–Kier alpha value is -4.67. The van der Waals surface area contributed by atoms with Gasteiger partial charge in [0, 0.05) is 59.0 Å². The van der Waals surface area contributed by atoms with Gasteiger partial charge in [0.1, 0.15) is 6.04 Å². The maximum absolute atomic E-state index is 14.2. The van der Waals surface area contributed by atoms with Gasteiger partial charge in [-0.2, -0.15) is 0 Å². The highest BCUT2D eigenvalue weighted by molar-refractivity contribution is 6.12. The fourth-order valence-electron chi connectivity index (χ4n) is 10.2. The van der Waals surface area contributed by atoms with Crippen molar-refractivity contribution in [2.45, 2.75) is 155 Å². The summed E-state index contributed by atoms with van der Waals surface area (Å²) in [5.74, 6) is -2.87. The number of hydrogen-bond donors (Lipinski definition) is 3. The van der Waals surface area contributed by atoms with Crippen LogP contribution in [0.25, 0.3) is 0 Å². The summed E-state index contributed by atoms with van der Waals surface area (Å²) in [5, 5.41) is 16.7. The number of rotatable bonds is 24. The van der Waals surface area contributed by atoms with Crippen LogP contribution in [-0.2, 0) is 43.0 Å². The summed E-state index contributed by atoms with van der Waals surface area (Å²) in [5.41, 5.74) is 0.691. The molecule has 0 aromatic heterocycles. The number of hydrogen-bond acceptors (Lipinski definition) is 10. The highest BCUT2D eigenvalue weighted by Crippen LogP contribution is 2.38. The number of carbonyl (C=O) groups is 7. The Bertz CT molecular complexity index is 1810. The summed E-state index contributed by atoms with van der Waals surface area (Å²) in [6.07, 6.45) is 4.95. The molecule has 0 bridgehead atoms. The number of methoxy groups -OCH3 is 2. The van der Waals surface area contributed by atoms with Crippen LogP contribution in [0.4, 0.5) is 0 Å². The van der Waals surface area contributed by atoms with E-state index in [9.17, 15) is 38.7 Å². The SMILES string of the molecule is CCC(C)C(C(CC(=O)N1CCCC1C(OC)C(C)C(=O)NC(C)C(O)c1ccccc1)OC)N(C)C(=O)CNC(=O)C1C(C)[C@H](C)C(CC)N1C(=O)CCCCCN1C(=O)C=CC1=O. The van der Waals surface area contributed by atoms with Crippen molar-refractivity contribution in [3.05, 3.63) is 48.0 Å². The Morgan fingerprint density at radius 3 is 2.17 bits per heavy atom. The zero-order chi connectivity index (χ0) is 48.1. The molecule has 0 aliphatic carbocycles. The fourth-order valence-corrected chi connectivity index (χ4v) is 10.2. The first kappa shape index (κ1) is 52.9. The van der Waals surface area contributed by atoms with E-state index < -0.39 is 48.3 Å². The van der Waals surface area contributed by atoms with Crippen LogP contribution < -0.4 is 10.6 Å². The van der Waals surface area contributed by atoms with Gasteiger partial charge in [-0.15, -0.1) is 0 Å². The molecule has 16 heteroatoms. The molecule has 65 heavy (non-hydrogen) atoms. The lowest BCUT2D eigenvalue weighted by molar-refractivity contribution is -0.146. The van der Waals surface area contributed by atoms with E-state index in [1.807, 2.05) is 52.8 Å². The maximum Gasteiger partial charge on any atom is 0.253 e. The Morgan fingerprint density at radius 1 is 0.908 bits per heavy atom. The van der Waals surface area contributed by atoms with E-state index in [1.165, 1.54) is 31.3 Å². The summed E-state index contributed by atoms with van der Waals surface area (Å²) >= 11 is 0. The molecule has 7 amide bonds. The van der Waals surface area contributed by atoms with E-state index in [0.29, 0.717) is 57.2 Å². The molecule has 12 atom stereocenters. The van der Waals surface area contributed by atoms with Gasteiger partial charge in [-0.05, 0) is 62.3 Å². The molecule has 3 aliphatic rings. The lowest BCUT2D eigenvalue weighted by Gasteiger charge is -2.39. The second-order valence-electron chi connectivity index (χ2n) is 18.4. The summed E-state index contributed by atoms with van der Waals surface area (Å²) in [7, 11) is 4.72. The van der Waals surface area contributed by atoms with E-state index in [0.717, 1.165) is 6.42 Å². The van der Waals surface area contributed by atoms with Crippen molar-refractivity contribution in [1.82, 2.24) is 30.2 Å². The zero-order valence-corrected chi connectivity index (χ0v) is 40.4. The first-order valence-electron chi connectivity index (χ1n) is 23.7. The smallest absolute Gasteiger partial charge is 0.253 e. The molecule has 3 N–H and O–H groups in total. The van der Waals surface area contributed by atoms with Crippen LogP contribution >= 0.6 is 0 Å². The summed E-state index contributed by atoms with van der Waals surface area (Å²) in [6, 6.07) is 6.74. The lowest BCUT2D eigenvalue weighted by Crippen LogP contribution is -2.55. The maximum atomic E-state index is 14.2. The monoisotopic (exact) mass is 909 g/mol. The molecule has 3 aliphatic heterocycles. The second kappa shape index (κ2) is 24.7. The lowest BCUT2D eigenvalue weighted by atomic mass is 9.89. The summed E-state index contributed by atoms with van der Waals surface area (Å²) in [4.78, 5) is 99.5. The molecule has 362 valence electrons. The van der Waals surface area contributed by atoms with E-state index in [1.54, 1.807) is 47.7 Å². The summed E-state index contributed by atoms with van der Waals surface area (Å²) in [6.45, 7) is 14.0. The van der Waals surface area contributed by atoms with Gasteiger partial charge in [0.25, 0.3) is 11.8 Å². The number of likely N-dealkylation sites (N-methyl/N-ethyl adjacent to an activating group) is 1. The molecule has 16 nitrogen and oxygen atoms in total. The average Bonchev–Trinajstić information content (AvgIpc) is 3.99. The Kier molecular flexibility index (Phi) is 20.2. The van der Waals surface area contributed by atoms with Crippen molar-refractivity contribution in [2.24, 2.45) is 23.7 Å². The molecular weight excluding hydrogens is 833 g/mol. The first-order valence-corrected chi connectivity index (χ1v) is 23.7. The number of aliphatic hydroxyl groups excluding tert-OH is 1. The number of unbranched alkanes of at least 4 members (excludes halogenated alkanes) is 2. The predicted molar refractivity (Wildman–Crippen MR) is 246 cm³/mol. The standard InChI is InChI=1S/C49H76N6O10/c1-11-30(3)44(38(64-9)28-42(59)53-27-19-22-37(53)47(65-10)33(6)48(62)51-34(7)46(61)35-20-15-13-16-21-35)52(8)43(60)29-50-49(63)45-32(5)31(4)36(12-2)55(45)41(58)23-17-14-18-26-54-39(56)24-25-40(54)57/h13,15-16,20-21,24-25,30-34,36-38,44-47,61H,11-12,14,17-19,22-23,26-29H2,1-10H3,(H,50,63)(H,51,62)/t30?,31-,32?,33?,34?,36?,37?,38?,44?,45?,46?,47?/m0/s1. The average molecular weight is 909 g/mol. The molecular formula is C49H76N6O10. The number of imide groups is 1. The number of nitrogens with one attached hydrogen (secondary N) is 2. The zero-order valence-electron chi connectivity index (χ0n) is 40.4. The number of benzene rings is 1. The molecule has 2 fully saturated rings. The number of amides is 7. The van der Waals surface area contributed by atoms with E-state index >= 15 is 0 Å². The molecule has 3 heterocycles. The van der Waals surface area contributed by atoms with Crippen LogP contribution in [-0.4, -0.2) is 149 Å². The van der Waals surface area contributed by atoms with Gasteiger partial charge in [0.05, 0.1) is 55.3 Å². The Balaban J connectivity index is 1.37. The Morgan fingerprint density at radius 2 is 1.57 bits per heavy atom. The molecule has 4 rings (SSSR count). The van der Waals surface area contributed by atoms with Crippen molar-refractivity contribution in [2.75, 3.05) is 40.9 Å². The molecule has 1 aromatic carbocycles. The third kappa shape index (κ3) is 12.8. The van der Waals surface area contributed by atoms with Gasteiger partial charge in [-0.25, -0.2) is 0 Å². The van der Waals surface area contributed by atoms with E-state index in [-0.39, 0.29) is 84.7 Å². The van der Waals surface area contributed by atoms with Crippen LogP contribution in [0, 0.1) is 23.7 Å². The van der Waals surface area contributed by atoms with Gasteiger partial charge in [0.2, 0.25) is 29.5 Å². The summed E-state index contributed by atoms with van der Waals surface area (Å²) < 4.78 is 11.9. The quantitative estimate of drug-likeness (QED) is 0.101. The molecule has 0 radical (unpaired) electrons. The van der Waals surface area contributed by atoms with Crippen molar-refractivity contribution in [3.8, 4) is 0 Å². The van der Waals surface area contributed by atoms with Gasteiger partial charge in [-0.3, -0.25) is 38.5 Å². The van der Waals surface area contributed by atoms with Gasteiger partial charge in [0.15, 0.2) is 0 Å². The number of aliphatic hydroxyl groups is 1. The molecule has 11 unspecified atom stereocenters. The molecule has 0 spiro atoms. The second-order valence-corrected chi connectivity index (χ2v) is 18.4. The molecule has 2 saturated heterocycles. The van der Waals surface area contributed by atoms with Crippen molar-refractivity contribution < 1.29 is 48.1 Å². The number of likely N-dealkylation sites (tertiary alicyclic amines) is 2. The largest absolute Gasteiger partial charge is 0.386 e. The van der Waals surface area contributed by atoms with Crippen LogP contribution in [0.1, 0.15) is 118 Å². The number of ether oxygens (including phenoxy) is 2. The highest BCUT2D eigenvalue weighted by atomic mass is 16.5. The topological polar surface area (TPSA) is 195 Å². The number of nitrogens with zero attached hydrogens (tertiary/aromatic N) is 4. The normalized spacial score (nSPS) is 24.0. The highest BCUT2D eigenvalue weighted by Gasteiger charge is 2.49. The Labute approximate surface area is 386 Å². The first-order chi connectivity index (χ1) is 30.9. The van der Waals surface area contributed by atoms with Gasteiger partial charge in [-0.1, -0.05) is 84.7 Å². The van der Waals surface area contributed by atoms with E-state index in [2.05, 4.69) is 10.6 Å². The van der Waals surface area contributed by atoms with E-state index in [4.69, 9.17) is 9.47 Å². The van der Waals surface area contributed by atoms with Crippen LogP contribution in [0.3, 0.4) is 0 Å². The fraction of sp³-hybridized carbons (Fsp3) is 0.694. The third-order valence-electron chi connectivity index (χ3n) is 14.4. The predicted octanol–water partition coefficient (Wildman–Crippen LogP) is 4.01. The van der Waals surface area contributed by atoms with Crippen LogP contribution in [0.2, 0.25) is 0 Å². The minimum Gasteiger partial charge on any atom is -0.386 e. The van der Waals surface area contributed by atoms with Crippen LogP contribution in [0.5, 0.6) is 0 Å². The number of carbonyl (C=O) groups excluding carboxylic acids is 7. The van der Waals surface area contributed by atoms with Crippen LogP contribution in [0.15, 0.2) is 42.5 Å². The van der Waals surface area contributed by atoms with Crippen molar-refractivity contribution >= 4 is 41.4 Å². The molecule has 0 saturated carbocycles. The molecule has 1 aromatic rings. The third-order valence-corrected chi connectivity index (χ3v) is 14.4. The van der Waals surface area contributed by atoms with Crippen molar-refractivity contribution in [3.63, 3.8) is 0 Å². The minimum atomic E-state index is -0.903.